The minimum atomic E-state index is -0.497. The Bertz CT molecular complexity index is 632. The smallest absolute Gasteiger partial charge is 0.251 e. The topological polar surface area (TPSA) is 71.1 Å². The Morgan fingerprint density at radius 2 is 2.00 bits per heavy atom. The molecule has 0 aliphatic rings. The van der Waals surface area contributed by atoms with E-state index in [2.05, 4.69) is 15.6 Å². The van der Waals surface area contributed by atoms with Crippen molar-refractivity contribution in [2.24, 2.45) is 0 Å². The van der Waals surface area contributed by atoms with Gasteiger partial charge in [-0.3, -0.25) is 14.6 Å². The van der Waals surface area contributed by atoms with Gasteiger partial charge >= 0.3 is 0 Å². The summed E-state index contributed by atoms with van der Waals surface area (Å²) in [7, 11) is 0. The van der Waals surface area contributed by atoms with Crippen LogP contribution in [0.5, 0.6) is 0 Å². The molecule has 2 N–H and O–H groups in total. The van der Waals surface area contributed by atoms with Gasteiger partial charge in [0, 0.05) is 24.5 Å². The zero-order valence-corrected chi connectivity index (χ0v) is 11.2. The Balaban J connectivity index is 1.77. The van der Waals surface area contributed by atoms with Gasteiger partial charge in [-0.05, 0) is 29.8 Å². The summed E-state index contributed by atoms with van der Waals surface area (Å²) in [6.45, 7) is 0.165. The van der Waals surface area contributed by atoms with Gasteiger partial charge in [0.05, 0.1) is 6.54 Å². The van der Waals surface area contributed by atoms with Crippen LogP contribution in [0.1, 0.15) is 15.9 Å². The molecule has 1 heterocycles. The molecule has 0 bridgehead atoms. The molecule has 1 aromatic carbocycles. The molecule has 0 unspecified atom stereocenters. The number of nitrogens with one attached hydrogen (secondary N) is 2. The molecule has 0 saturated heterocycles. The summed E-state index contributed by atoms with van der Waals surface area (Å²) in [4.78, 5) is 27.2. The van der Waals surface area contributed by atoms with Crippen molar-refractivity contribution in [3.8, 4) is 0 Å². The lowest BCUT2D eigenvalue weighted by Gasteiger charge is -2.07. The third-order valence-corrected chi connectivity index (χ3v) is 2.71. The van der Waals surface area contributed by atoms with Gasteiger partial charge < -0.3 is 10.6 Å². The van der Waals surface area contributed by atoms with Gasteiger partial charge in [0.2, 0.25) is 5.91 Å². The van der Waals surface area contributed by atoms with Crippen LogP contribution in [0.4, 0.5) is 4.39 Å². The Labute approximate surface area is 121 Å². The van der Waals surface area contributed by atoms with Crippen LogP contribution >= 0.6 is 0 Å². The number of pyridine rings is 1. The highest BCUT2D eigenvalue weighted by Crippen LogP contribution is 2.02. The highest BCUT2D eigenvalue weighted by atomic mass is 19.1. The van der Waals surface area contributed by atoms with E-state index in [1.54, 1.807) is 18.5 Å². The molecule has 108 valence electrons. The lowest BCUT2D eigenvalue weighted by atomic mass is 10.2. The van der Waals surface area contributed by atoms with E-state index in [-0.39, 0.29) is 18.0 Å². The molecule has 0 spiro atoms. The monoisotopic (exact) mass is 287 g/mol. The second-order valence-corrected chi connectivity index (χ2v) is 4.33. The van der Waals surface area contributed by atoms with Crippen LogP contribution in [0, 0.1) is 5.82 Å². The second-order valence-electron chi connectivity index (χ2n) is 4.33. The summed E-state index contributed by atoms with van der Waals surface area (Å²) in [6.07, 6.45) is 3.29. The summed E-state index contributed by atoms with van der Waals surface area (Å²) in [5, 5.41) is 5.08. The van der Waals surface area contributed by atoms with Crippen molar-refractivity contribution in [3.63, 3.8) is 0 Å². The first-order chi connectivity index (χ1) is 10.1. The Hall–Kier alpha value is -2.76. The first kappa shape index (κ1) is 14.6. The maximum atomic E-state index is 13.0. The van der Waals surface area contributed by atoms with Gasteiger partial charge in [-0.25, -0.2) is 4.39 Å². The average Bonchev–Trinajstić information content (AvgIpc) is 2.51. The van der Waals surface area contributed by atoms with Crippen LogP contribution < -0.4 is 10.6 Å². The molecule has 6 heteroatoms. The predicted molar refractivity (Wildman–Crippen MR) is 74.8 cm³/mol. The zero-order chi connectivity index (χ0) is 15.1. The van der Waals surface area contributed by atoms with Gasteiger partial charge in [-0.1, -0.05) is 12.1 Å². The van der Waals surface area contributed by atoms with Crippen molar-refractivity contribution < 1.29 is 14.0 Å². The summed E-state index contributed by atoms with van der Waals surface area (Å²) in [5.41, 5.74) is 1.04. The summed E-state index contributed by atoms with van der Waals surface area (Å²) >= 11 is 0. The largest absolute Gasteiger partial charge is 0.350 e. The molecule has 0 saturated carbocycles. The van der Waals surface area contributed by atoms with Crippen LogP contribution in [0.15, 0.2) is 48.8 Å². The van der Waals surface area contributed by atoms with Gasteiger partial charge in [-0.15, -0.1) is 0 Å². The van der Waals surface area contributed by atoms with Crippen LogP contribution in [-0.2, 0) is 11.3 Å². The minimum Gasteiger partial charge on any atom is -0.350 e. The fourth-order valence-electron chi connectivity index (χ4n) is 1.66. The van der Waals surface area contributed by atoms with E-state index in [1.165, 1.54) is 18.2 Å². The van der Waals surface area contributed by atoms with E-state index in [4.69, 9.17) is 0 Å². The number of amides is 2. The number of aromatic nitrogens is 1. The maximum absolute atomic E-state index is 13.0. The number of hydrogen-bond acceptors (Lipinski definition) is 3. The molecule has 0 aliphatic carbocycles. The lowest BCUT2D eigenvalue weighted by molar-refractivity contribution is -0.120. The average molecular weight is 287 g/mol. The number of carbonyl (C=O) groups excluding carboxylic acids is 2. The molecule has 2 aromatic rings. The fraction of sp³-hybridized carbons (Fsp3) is 0.133. The second kappa shape index (κ2) is 7.14. The third kappa shape index (κ3) is 4.68. The molecular weight excluding hydrogens is 273 g/mol. The van der Waals surface area contributed by atoms with Crippen molar-refractivity contribution in [3.05, 3.63) is 65.7 Å². The van der Waals surface area contributed by atoms with Crippen molar-refractivity contribution in [1.82, 2.24) is 15.6 Å². The van der Waals surface area contributed by atoms with Crippen LogP contribution in [-0.4, -0.2) is 23.3 Å². The third-order valence-electron chi connectivity index (χ3n) is 2.71. The Morgan fingerprint density at radius 3 is 2.71 bits per heavy atom. The highest BCUT2D eigenvalue weighted by Gasteiger charge is 2.08. The zero-order valence-electron chi connectivity index (χ0n) is 11.2. The summed E-state index contributed by atoms with van der Waals surface area (Å²) < 4.78 is 13.0. The standard InChI is InChI=1S/C15H14FN3O2/c16-13-5-1-4-12(7-13)15(21)19-10-14(20)18-9-11-3-2-6-17-8-11/h1-8H,9-10H2,(H,18,20)(H,19,21). The van der Waals surface area contributed by atoms with Crippen molar-refractivity contribution >= 4 is 11.8 Å². The van der Waals surface area contributed by atoms with E-state index in [0.29, 0.717) is 6.54 Å². The van der Waals surface area contributed by atoms with Crippen LogP contribution in [0.2, 0.25) is 0 Å². The first-order valence-electron chi connectivity index (χ1n) is 6.34. The van der Waals surface area contributed by atoms with Crippen molar-refractivity contribution in [2.75, 3.05) is 6.54 Å². The number of rotatable bonds is 5. The first-order valence-corrected chi connectivity index (χ1v) is 6.34. The maximum Gasteiger partial charge on any atom is 0.251 e. The number of carbonyl (C=O) groups is 2. The minimum absolute atomic E-state index is 0.171. The molecule has 21 heavy (non-hydrogen) atoms. The quantitative estimate of drug-likeness (QED) is 0.870. The molecule has 2 rings (SSSR count). The van der Waals surface area contributed by atoms with E-state index in [1.807, 2.05) is 6.07 Å². The molecule has 5 nitrogen and oxygen atoms in total. The van der Waals surface area contributed by atoms with Gasteiger partial charge in [0.25, 0.3) is 5.91 Å². The number of nitrogens with zero attached hydrogens (tertiary/aromatic N) is 1. The normalized spacial score (nSPS) is 9.95. The number of hydrogen-bond donors (Lipinski definition) is 2. The van der Waals surface area contributed by atoms with Crippen LogP contribution in [0.3, 0.4) is 0 Å². The molecule has 1 aromatic heterocycles. The van der Waals surface area contributed by atoms with Gasteiger partial charge in [0.15, 0.2) is 0 Å². The summed E-state index contributed by atoms with van der Waals surface area (Å²) in [5.74, 6) is -1.32. The van der Waals surface area contributed by atoms with E-state index in [9.17, 15) is 14.0 Å². The van der Waals surface area contributed by atoms with Crippen LogP contribution in [0.25, 0.3) is 0 Å². The fourth-order valence-corrected chi connectivity index (χ4v) is 1.66. The lowest BCUT2D eigenvalue weighted by Crippen LogP contribution is -2.36. The van der Waals surface area contributed by atoms with Crippen molar-refractivity contribution in [1.29, 1.82) is 0 Å². The SMILES string of the molecule is O=C(CNC(=O)c1cccc(F)c1)NCc1cccnc1. The Morgan fingerprint density at radius 1 is 1.14 bits per heavy atom. The molecule has 0 atom stereocenters. The van der Waals surface area contributed by atoms with E-state index in [0.717, 1.165) is 11.6 Å². The predicted octanol–water partition coefficient (Wildman–Crippen LogP) is 1.27. The van der Waals surface area contributed by atoms with Gasteiger partial charge in [0.1, 0.15) is 5.82 Å². The Kier molecular flexibility index (Phi) is 4.98. The molecule has 2 amide bonds. The van der Waals surface area contributed by atoms with E-state index < -0.39 is 11.7 Å². The number of benzene rings is 1. The molecule has 0 radical (unpaired) electrons. The van der Waals surface area contributed by atoms with E-state index >= 15 is 0 Å². The molecular formula is C15H14FN3O2. The summed E-state index contributed by atoms with van der Waals surface area (Å²) in [6, 6.07) is 8.88. The molecule has 0 fully saturated rings. The highest BCUT2D eigenvalue weighted by molar-refractivity contribution is 5.96. The molecule has 0 aliphatic heterocycles. The number of halogens is 1. The van der Waals surface area contributed by atoms with Gasteiger partial charge in [-0.2, -0.15) is 0 Å². The van der Waals surface area contributed by atoms with Crippen molar-refractivity contribution in [2.45, 2.75) is 6.54 Å².